The van der Waals surface area contributed by atoms with Crippen LogP contribution in [0.1, 0.15) is 30.0 Å². The van der Waals surface area contributed by atoms with Gasteiger partial charge in [-0.25, -0.2) is 8.42 Å². The SMILES string of the molecule is Cc1ccc(S(=O)(=O)NCC(=O)OCC(=O)N2c3ccccc3CCC2C)cc1C. The molecule has 1 atom stereocenters. The molecule has 0 fully saturated rings. The first-order valence-electron chi connectivity index (χ1n) is 9.81. The van der Waals surface area contributed by atoms with Crippen LogP contribution in [0.4, 0.5) is 5.69 Å². The van der Waals surface area contributed by atoms with Gasteiger partial charge >= 0.3 is 5.97 Å². The maximum atomic E-state index is 12.7. The number of sulfonamides is 1. The second-order valence-corrected chi connectivity index (χ2v) is 9.28. The van der Waals surface area contributed by atoms with Gasteiger partial charge in [0.25, 0.3) is 5.91 Å². The van der Waals surface area contributed by atoms with E-state index in [1.807, 2.05) is 45.0 Å². The molecular weight excluding hydrogens is 404 g/mol. The fourth-order valence-electron chi connectivity index (χ4n) is 3.45. The van der Waals surface area contributed by atoms with Gasteiger partial charge in [0.1, 0.15) is 6.54 Å². The third kappa shape index (κ3) is 4.88. The topological polar surface area (TPSA) is 92.8 Å². The van der Waals surface area contributed by atoms with E-state index in [2.05, 4.69) is 4.72 Å². The van der Waals surface area contributed by atoms with Gasteiger partial charge in [-0.3, -0.25) is 9.59 Å². The van der Waals surface area contributed by atoms with Gasteiger partial charge in [0, 0.05) is 11.7 Å². The van der Waals surface area contributed by atoms with E-state index in [-0.39, 0.29) is 16.8 Å². The molecular formula is C22H26N2O5S. The summed E-state index contributed by atoms with van der Waals surface area (Å²) in [5.74, 6) is -1.14. The van der Waals surface area contributed by atoms with Crippen LogP contribution in [-0.4, -0.2) is 39.5 Å². The van der Waals surface area contributed by atoms with Crippen molar-refractivity contribution in [2.24, 2.45) is 0 Å². The zero-order valence-electron chi connectivity index (χ0n) is 17.3. The van der Waals surface area contributed by atoms with Crippen LogP contribution in [0.15, 0.2) is 47.4 Å². The number of benzene rings is 2. The van der Waals surface area contributed by atoms with E-state index in [9.17, 15) is 18.0 Å². The summed E-state index contributed by atoms with van der Waals surface area (Å²) in [6.45, 7) is 4.66. The van der Waals surface area contributed by atoms with Gasteiger partial charge in [-0.2, -0.15) is 4.72 Å². The molecule has 0 spiro atoms. The first-order chi connectivity index (χ1) is 14.2. The predicted octanol–water partition coefficient (Wildman–Crippen LogP) is 2.49. The van der Waals surface area contributed by atoms with Crippen molar-refractivity contribution in [2.75, 3.05) is 18.1 Å². The summed E-state index contributed by atoms with van der Waals surface area (Å²) in [6, 6.07) is 12.4. The van der Waals surface area contributed by atoms with Crippen LogP contribution in [0.3, 0.4) is 0 Å². The Bertz CT molecular complexity index is 1060. The highest BCUT2D eigenvalue weighted by Gasteiger charge is 2.28. The van der Waals surface area contributed by atoms with Crippen LogP contribution in [0.2, 0.25) is 0 Å². The van der Waals surface area contributed by atoms with Crippen molar-refractivity contribution in [3.63, 3.8) is 0 Å². The fourth-order valence-corrected chi connectivity index (χ4v) is 4.50. The highest BCUT2D eigenvalue weighted by atomic mass is 32.2. The molecule has 8 heteroatoms. The maximum absolute atomic E-state index is 12.7. The van der Waals surface area contributed by atoms with Crippen molar-refractivity contribution in [3.8, 4) is 0 Å². The third-order valence-corrected chi connectivity index (χ3v) is 6.74. The number of nitrogens with one attached hydrogen (secondary N) is 1. The minimum absolute atomic E-state index is 0.00520. The Morgan fingerprint density at radius 1 is 1.13 bits per heavy atom. The number of nitrogens with zero attached hydrogens (tertiary/aromatic N) is 1. The highest BCUT2D eigenvalue weighted by molar-refractivity contribution is 7.89. The molecule has 1 aliphatic rings. The van der Waals surface area contributed by atoms with Crippen LogP contribution >= 0.6 is 0 Å². The summed E-state index contributed by atoms with van der Waals surface area (Å²) in [6.07, 6.45) is 1.72. The average Bonchev–Trinajstić information content (AvgIpc) is 2.72. The number of fused-ring (bicyclic) bond motifs is 1. The third-order valence-electron chi connectivity index (χ3n) is 5.34. The number of aryl methyl sites for hydroxylation is 3. The van der Waals surface area contributed by atoms with Gasteiger partial charge in [-0.15, -0.1) is 0 Å². The van der Waals surface area contributed by atoms with Gasteiger partial charge in [-0.05, 0) is 68.5 Å². The molecule has 1 N–H and O–H groups in total. The van der Waals surface area contributed by atoms with Gasteiger partial charge in [0.2, 0.25) is 10.0 Å². The minimum Gasteiger partial charge on any atom is -0.455 e. The van der Waals surface area contributed by atoms with Gasteiger partial charge < -0.3 is 9.64 Å². The molecule has 160 valence electrons. The molecule has 0 aliphatic carbocycles. The largest absolute Gasteiger partial charge is 0.455 e. The van der Waals surface area contributed by atoms with E-state index in [1.54, 1.807) is 17.0 Å². The summed E-state index contributed by atoms with van der Waals surface area (Å²) >= 11 is 0. The number of rotatable bonds is 6. The number of hydrogen-bond acceptors (Lipinski definition) is 5. The van der Waals surface area contributed by atoms with E-state index >= 15 is 0 Å². The molecule has 30 heavy (non-hydrogen) atoms. The Labute approximate surface area is 177 Å². The van der Waals surface area contributed by atoms with Gasteiger partial charge in [0.15, 0.2) is 6.61 Å². The summed E-state index contributed by atoms with van der Waals surface area (Å²) < 4.78 is 32.0. The Morgan fingerprint density at radius 2 is 1.87 bits per heavy atom. The first kappa shape index (κ1) is 22.0. The van der Waals surface area contributed by atoms with Crippen molar-refractivity contribution >= 4 is 27.6 Å². The molecule has 1 unspecified atom stereocenters. The van der Waals surface area contributed by atoms with E-state index in [1.165, 1.54) is 6.07 Å². The lowest BCUT2D eigenvalue weighted by Gasteiger charge is -2.35. The predicted molar refractivity (Wildman–Crippen MR) is 114 cm³/mol. The molecule has 0 saturated heterocycles. The smallest absolute Gasteiger partial charge is 0.321 e. The lowest BCUT2D eigenvalue weighted by Crippen LogP contribution is -2.44. The Kier molecular flexibility index (Phi) is 6.58. The molecule has 7 nitrogen and oxygen atoms in total. The standard InChI is InChI=1S/C22H26N2O5S/c1-15-8-11-19(12-16(15)2)30(27,28)23-13-22(26)29-14-21(25)24-17(3)9-10-18-6-4-5-7-20(18)24/h4-8,11-12,17,23H,9-10,13-14H2,1-3H3. The van der Waals surface area contributed by atoms with Gasteiger partial charge in [-0.1, -0.05) is 24.3 Å². The van der Waals surface area contributed by atoms with Crippen molar-refractivity contribution in [1.29, 1.82) is 0 Å². The maximum Gasteiger partial charge on any atom is 0.321 e. The normalized spacial score (nSPS) is 16.1. The Balaban J connectivity index is 1.57. The van der Waals surface area contributed by atoms with Crippen LogP contribution in [0.25, 0.3) is 0 Å². The molecule has 0 aromatic heterocycles. The second kappa shape index (κ2) is 8.97. The van der Waals surface area contributed by atoms with Crippen LogP contribution in [-0.2, 0) is 30.8 Å². The van der Waals surface area contributed by atoms with E-state index in [0.29, 0.717) is 0 Å². The molecule has 2 aromatic rings. The monoisotopic (exact) mass is 430 g/mol. The van der Waals surface area contributed by atoms with Crippen LogP contribution in [0, 0.1) is 13.8 Å². The number of carbonyl (C=O) groups is 2. The van der Waals surface area contributed by atoms with Crippen molar-refractivity contribution in [3.05, 3.63) is 59.2 Å². The molecule has 0 bridgehead atoms. The number of hydrogen-bond donors (Lipinski definition) is 1. The lowest BCUT2D eigenvalue weighted by molar-refractivity contribution is -0.146. The summed E-state index contributed by atoms with van der Waals surface area (Å²) in [5, 5.41) is 0. The zero-order chi connectivity index (χ0) is 21.9. The highest BCUT2D eigenvalue weighted by Crippen LogP contribution is 2.30. The van der Waals surface area contributed by atoms with E-state index in [0.717, 1.165) is 35.2 Å². The molecule has 1 amide bonds. The Hall–Kier alpha value is -2.71. The molecule has 1 aliphatic heterocycles. The van der Waals surface area contributed by atoms with Crippen molar-refractivity contribution in [2.45, 2.75) is 44.6 Å². The lowest BCUT2D eigenvalue weighted by atomic mass is 9.96. The van der Waals surface area contributed by atoms with Crippen LogP contribution < -0.4 is 9.62 Å². The molecule has 1 heterocycles. The number of esters is 1. The van der Waals surface area contributed by atoms with E-state index in [4.69, 9.17) is 4.74 Å². The molecule has 3 rings (SSSR count). The number of carbonyl (C=O) groups excluding carboxylic acids is 2. The number of para-hydroxylation sites is 1. The van der Waals surface area contributed by atoms with Gasteiger partial charge in [0.05, 0.1) is 4.90 Å². The summed E-state index contributed by atoms with van der Waals surface area (Å²) in [7, 11) is -3.85. The summed E-state index contributed by atoms with van der Waals surface area (Å²) in [5.41, 5.74) is 3.71. The van der Waals surface area contributed by atoms with Crippen LogP contribution in [0.5, 0.6) is 0 Å². The first-order valence-corrected chi connectivity index (χ1v) is 11.3. The van der Waals surface area contributed by atoms with E-state index < -0.39 is 29.1 Å². The quantitative estimate of drug-likeness (QED) is 0.711. The summed E-state index contributed by atoms with van der Waals surface area (Å²) in [4.78, 5) is 26.4. The number of amides is 1. The molecule has 0 saturated carbocycles. The minimum atomic E-state index is -3.85. The fraction of sp³-hybridized carbons (Fsp3) is 0.364. The van der Waals surface area contributed by atoms with Crippen molar-refractivity contribution < 1.29 is 22.7 Å². The Morgan fingerprint density at radius 3 is 2.60 bits per heavy atom. The number of ether oxygens (including phenoxy) is 1. The van der Waals surface area contributed by atoms with Crippen molar-refractivity contribution in [1.82, 2.24) is 4.72 Å². The zero-order valence-corrected chi connectivity index (χ0v) is 18.2. The number of anilines is 1. The second-order valence-electron chi connectivity index (χ2n) is 7.51. The molecule has 0 radical (unpaired) electrons. The average molecular weight is 431 g/mol. The molecule has 2 aromatic carbocycles.